The van der Waals surface area contributed by atoms with E-state index in [9.17, 15) is 9.59 Å². The summed E-state index contributed by atoms with van der Waals surface area (Å²) in [7, 11) is 0. The largest absolute Gasteiger partial charge is 0.490 e. The molecule has 0 saturated carbocycles. The fraction of sp³-hybridized carbons (Fsp3) is 0.467. The summed E-state index contributed by atoms with van der Waals surface area (Å²) < 4.78 is 10.7. The molecule has 6 nitrogen and oxygen atoms in total. The van der Waals surface area contributed by atoms with E-state index in [1.165, 1.54) is 0 Å². The molecule has 0 bridgehead atoms. The van der Waals surface area contributed by atoms with E-state index >= 15 is 0 Å². The summed E-state index contributed by atoms with van der Waals surface area (Å²) in [5, 5.41) is 11.8. The van der Waals surface area contributed by atoms with Gasteiger partial charge in [0.15, 0.2) is 6.10 Å². The molecule has 0 radical (unpaired) electrons. The van der Waals surface area contributed by atoms with Crippen LogP contribution < -0.4 is 10.1 Å². The molecule has 6 heteroatoms. The van der Waals surface area contributed by atoms with Gasteiger partial charge in [0, 0.05) is 18.6 Å². The van der Waals surface area contributed by atoms with E-state index in [2.05, 4.69) is 5.32 Å². The van der Waals surface area contributed by atoms with E-state index in [0.717, 1.165) is 17.7 Å². The Morgan fingerprint density at radius 1 is 1.38 bits per heavy atom. The highest BCUT2D eigenvalue weighted by atomic mass is 16.5. The maximum absolute atomic E-state index is 12.2. The van der Waals surface area contributed by atoms with Crippen LogP contribution in [0.5, 0.6) is 5.75 Å². The first-order chi connectivity index (χ1) is 10.0. The van der Waals surface area contributed by atoms with E-state index in [-0.39, 0.29) is 12.0 Å². The molecule has 112 valence electrons. The molecule has 0 aromatic heterocycles. The number of carbonyl (C=O) groups excluding carboxylic acids is 1. The second-order valence-electron chi connectivity index (χ2n) is 5.45. The van der Waals surface area contributed by atoms with Crippen LogP contribution in [0, 0.1) is 0 Å². The van der Waals surface area contributed by atoms with Crippen LogP contribution in [0.15, 0.2) is 18.2 Å². The van der Waals surface area contributed by atoms with Gasteiger partial charge in [0.1, 0.15) is 11.9 Å². The number of hydrogen-bond acceptors (Lipinski definition) is 4. The van der Waals surface area contributed by atoms with Crippen molar-refractivity contribution >= 4 is 11.9 Å². The van der Waals surface area contributed by atoms with E-state index in [4.69, 9.17) is 14.6 Å². The molecule has 1 aromatic rings. The number of carboxylic acids is 1. The molecule has 2 heterocycles. The topological polar surface area (TPSA) is 84.9 Å². The van der Waals surface area contributed by atoms with E-state index in [1.54, 1.807) is 18.2 Å². The zero-order valence-corrected chi connectivity index (χ0v) is 11.7. The summed E-state index contributed by atoms with van der Waals surface area (Å²) in [5.74, 6) is -0.514. The highest BCUT2D eigenvalue weighted by Crippen LogP contribution is 2.29. The molecule has 2 N–H and O–H groups in total. The Kier molecular flexibility index (Phi) is 3.55. The summed E-state index contributed by atoms with van der Waals surface area (Å²) in [5.41, 5.74) is 1.52. The minimum absolute atomic E-state index is 0.123. The van der Waals surface area contributed by atoms with Crippen LogP contribution in [0.25, 0.3) is 0 Å². The predicted octanol–water partition coefficient (Wildman–Crippen LogP) is 0.982. The van der Waals surface area contributed by atoms with Gasteiger partial charge in [0.05, 0.1) is 6.04 Å². The van der Waals surface area contributed by atoms with Crippen LogP contribution in [0.2, 0.25) is 0 Å². The Morgan fingerprint density at radius 2 is 2.19 bits per heavy atom. The van der Waals surface area contributed by atoms with Crippen molar-refractivity contribution in [1.29, 1.82) is 0 Å². The Labute approximate surface area is 122 Å². The highest BCUT2D eigenvalue weighted by Gasteiger charge is 2.35. The first-order valence-electron chi connectivity index (χ1n) is 6.99. The average molecular weight is 291 g/mol. The van der Waals surface area contributed by atoms with Gasteiger partial charge in [-0.15, -0.1) is 0 Å². The summed E-state index contributed by atoms with van der Waals surface area (Å²) >= 11 is 0. The third kappa shape index (κ3) is 2.71. The molecule has 1 aromatic carbocycles. The average Bonchev–Trinajstić information content (AvgIpc) is 3.02. The molecular formula is C15H17NO5. The van der Waals surface area contributed by atoms with E-state index in [1.807, 2.05) is 6.92 Å². The van der Waals surface area contributed by atoms with Crippen molar-refractivity contribution in [2.75, 3.05) is 6.61 Å². The number of aliphatic carboxylic acids is 1. The SMILES string of the molecule is CC1Cc2cc(C(=O)N[C@@H]3CCO[C@@H]3C(=O)O)ccc2O1. The second kappa shape index (κ2) is 5.37. The molecule has 1 fully saturated rings. The third-order valence-corrected chi connectivity index (χ3v) is 3.81. The van der Waals surface area contributed by atoms with Gasteiger partial charge in [-0.05, 0) is 37.1 Å². The lowest BCUT2D eigenvalue weighted by Gasteiger charge is -2.16. The molecule has 3 atom stereocenters. The van der Waals surface area contributed by atoms with Gasteiger partial charge >= 0.3 is 5.97 Å². The standard InChI is InChI=1S/C15H17NO5/c1-8-6-10-7-9(2-3-12(10)21-8)14(17)16-11-4-5-20-13(11)15(18)19/h2-3,7-8,11,13H,4-6H2,1H3,(H,16,17)(H,18,19)/t8?,11-,13+/m1/s1. The molecule has 0 aliphatic carbocycles. The number of benzene rings is 1. The van der Waals surface area contributed by atoms with Gasteiger partial charge in [-0.1, -0.05) is 0 Å². The van der Waals surface area contributed by atoms with Crippen LogP contribution in [-0.4, -0.2) is 41.8 Å². The molecule has 2 aliphatic heterocycles. The summed E-state index contributed by atoms with van der Waals surface area (Å²) in [6, 6.07) is 4.80. The van der Waals surface area contributed by atoms with Gasteiger partial charge in [0.25, 0.3) is 5.91 Å². The smallest absolute Gasteiger partial charge is 0.334 e. The van der Waals surface area contributed by atoms with Crippen molar-refractivity contribution in [3.63, 3.8) is 0 Å². The van der Waals surface area contributed by atoms with Gasteiger partial charge in [-0.25, -0.2) is 4.79 Å². The number of carboxylic acid groups (broad SMARTS) is 1. The van der Waals surface area contributed by atoms with Crippen molar-refractivity contribution in [2.24, 2.45) is 0 Å². The number of carbonyl (C=O) groups is 2. The Morgan fingerprint density at radius 3 is 2.95 bits per heavy atom. The number of hydrogen-bond donors (Lipinski definition) is 2. The van der Waals surface area contributed by atoms with Crippen molar-refractivity contribution in [3.8, 4) is 5.75 Å². The normalized spacial score (nSPS) is 27.0. The molecule has 3 rings (SSSR count). The van der Waals surface area contributed by atoms with E-state index < -0.39 is 18.1 Å². The minimum atomic E-state index is -1.05. The number of ether oxygens (including phenoxy) is 2. The molecule has 0 spiro atoms. The maximum Gasteiger partial charge on any atom is 0.334 e. The first kappa shape index (κ1) is 13.9. The van der Waals surface area contributed by atoms with Crippen LogP contribution >= 0.6 is 0 Å². The second-order valence-corrected chi connectivity index (χ2v) is 5.45. The Bertz CT molecular complexity index is 585. The van der Waals surface area contributed by atoms with Crippen molar-refractivity contribution in [3.05, 3.63) is 29.3 Å². The zero-order chi connectivity index (χ0) is 15.0. The van der Waals surface area contributed by atoms with Gasteiger partial charge in [-0.2, -0.15) is 0 Å². The Balaban J connectivity index is 1.71. The molecule has 1 unspecified atom stereocenters. The molecular weight excluding hydrogens is 274 g/mol. The van der Waals surface area contributed by atoms with Crippen LogP contribution in [0.4, 0.5) is 0 Å². The zero-order valence-electron chi connectivity index (χ0n) is 11.7. The summed E-state index contributed by atoms with van der Waals surface area (Å²) in [6.07, 6.45) is 0.443. The predicted molar refractivity (Wildman–Crippen MR) is 73.5 cm³/mol. The van der Waals surface area contributed by atoms with E-state index in [0.29, 0.717) is 18.6 Å². The van der Waals surface area contributed by atoms with Gasteiger partial charge < -0.3 is 19.9 Å². The number of rotatable bonds is 3. The third-order valence-electron chi connectivity index (χ3n) is 3.81. The van der Waals surface area contributed by atoms with Crippen LogP contribution in [0.3, 0.4) is 0 Å². The molecule has 1 amide bonds. The molecule has 21 heavy (non-hydrogen) atoms. The quantitative estimate of drug-likeness (QED) is 0.867. The number of amides is 1. The minimum Gasteiger partial charge on any atom is -0.490 e. The Hall–Kier alpha value is -2.08. The lowest BCUT2D eigenvalue weighted by molar-refractivity contribution is -0.148. The first-order valence-corrected chi connectivity index (χ1v) is 6.99. The lowest BCUT2D eigenvalue weighted by atomic mass is 10.1. The molecule has 2 aliphatic rings. The maximum atomic E-state index is 12.2. The van der Waals surface area contributed by atoms with Gasteiger partial charge in [-0.3, -0.25) is 4.79 Å². The highest BCUT2D eigenvalue weighted by molar-refractivity contribution is 5.95. The van der Waals surface area contributed by atoms with Crippen molar-refractivity contribution < 1.29 is 24.2 Å². The number of fused-ring (bicyclic) bond motifs is 1. The summed E-state index contributed by atoms with van der Waals surface area (Å²) in [6.45, 7) is 2.32. The van der Waals surface area contributed by atoms with Crippen LogP contribution in [0.1, 0.15) is 29.3 Å². The van der Waals surface area contributed by atoms with Crippen molar-refractivity contribution in [2.45, 2.75) is 38.0 Å². The lowest BCUT2D eigenvalue weighted by Crippen LogP contribution is -2.44. The monoisotopic (exact) mass is 291 g/mol. The molecule has 1 saturated heterocycles. The van der Waals surface area contributed by atoms with Crippen molar-refractivity contribution in [1.82, 2.24) is 5.32 Å². The fourth-order valence-corrected chi connectivity index (χ4v) is 2.80. The van der Waals surface area contributed by atoms with Crippen LogP contribution in [-0.2, 0) is 16.0 Å². The number of nitrogens with one attached hydrogen (secondary N) is 1. The fourth-order valence-electron chi connectivity index (χ4n) is 2.80. The summed E-state index contributed by atoms with van der Waals surface area (Å²) in [4.78, 5) is 23.3. The van der Waals surface area contributed by atoms with Gasteiger partial charge in [0.2, 0.25) is 0 Å².